The highest BCUT2D eigenvalue weighted by atomic mass is 127. The number of amides is 1. The van der Waals surface area contributed by atoms with Gasteiger partial charge in [-0.2, -0.15) is 0 Å². The summed E-state index contributed by atoms with van der Waals surface area (Å²) in [5.41, 5.74) is 13.8. The van der Waals surface area contributed by atoms with Gasteiger partial charge in [-0.3, -0.25) is 4.79 Å². The van der Waals surface area contributed by atoms with Gasteiger partial charge in [0.25, 0.3) is 0 Å². The number of azide groups is 1. The van der Waals surface area contributed by atoms with E-state index in [4.69, 9.17) is 10.3 Å². The first kappa shape index (κ1) is 28.0. The average molecular weight is 628 g/mol. The quantitative estimate of drug-likeness (QED) is 0.111. The fourth-order valence-electron chi connectivity index (χ4n) is 4.88. The third-order valence-electron chi connectivity index (χ3n) is 6.82. The normalized spacial score (nSPS) is 16.2. The van der Waals surface area contributed by atoms with Crippen LogP contribution in [0.25, 0.3) is 10.4 Å². The largest absolute Gasteiger partial charge is 0.361 e. The lowest BCUT2D eigenvalue weighted by Gasteiger charge is -2.31. The van der Waals surface area contributed by atoms with E-state index in [0.29, 0.717) is 31.7 Å². The van der Waals surface area contributed by atoms with Crippen LogP contribution in [0.5, 0.6) is 0 Å². The zero-order valence-electron chi connectivity index (χ0n) is 21.6. The Labute approximate surface area is 236 Å². The van der Waals surface area contributed by atoms with Crippen LogP contribution in [-0.2, 0) is 34.7 Å². The van der Waals surface area contributed by atoms with E-state index < -0.39 is 5.60 Å². The van der Waals surface area contributed by atoms with E-state index >= 15 is 0 Å². The van der Waals surface area contributed by atoms with E-state index in [9.17, 15) is 9.18 Å². The van der Waals surface area contributed by atoms with Crippen LogP contribution in [0.4, 0.5) is 10.1 Å². The van der Waals surface area contributed by atoms with Crippen molar-refractivity contribution in [1.82, 2.24) is 10.2 Å². The Morgan fingerprint density at radius 1 is 1.16 bits per heavy atom. The number of fused-ring (bicyclic) bond motifs is 1. The summed E-state index contributed by atoms with van der Waals surface area (Å²) in [6, 6.07) is 18.4. The first-order chi connectivity index (χ1) is 18.3. The van der Waals surface area contributed by atoms with Gasteiger partial charge in [-0.25, -0.2) is 4.39 Å². The molecule has 3 aromatic rings. The van der Waals surface area contributed by atoms with Crippen molar-refractivity contribution >= 4 is 34.2 Å². The van der Waals surface area contributed by atoms with Crippen LogP contribution < -0.4 is 5.32 Å². The Balaban J connectivity index is 1.41. The summed E-state index contributed by atoms with van der Waals surface area (Å²) >= 11 is 2.13. The van der Waals surface area contributed by atoms with Gasteiger partial charge in [0, 0.05) is 21.4 Å². The van der Waals surface area contributed by atoms with Crippen LogP contribution in [0.1, 0.15) is 47.1 Å². The van der Waals surface area contributed by atoms with Gasteiger partial charge in [-0.1, -0.05) is 47.6 Å². The van der Waals surface area contributed by atoms with Crippen molar-refractivity contribution < 1.29 is 13.9 Å². The van der Waals surface area contributed by atoms with Crippen molar-refractivity contribution in [3.05, 3.63) is 108 Å². The van der Waals surface area contributed by atoms with Gasteiger partial charge in [0.1, 0.15) is 11.4 Å². The maximum atomic E-state index is 13.7. The lowest BCUT2D eigenvalue weighted by atomic mass is 9.81. The van der Waals surface area contributed by atoms with Crippen LogP contribution in [0, 0.1) is 9.39 Å². The molecule has 3 aromatic carbocycles. The number of benzene rings is 3. The zero-order valence-corrected chi connectivity index (χ0v) is 23.7. The molecule has 4 rings (SSSR count). The predicted molar refractivity (Wildman–Crippen MR) is 154 cm³/mol. The molecule has 0 unspecified atom stereocenters. The SMILES string of the molecule is CN(C)CCC[C@@]1(c2ccc(F)cc2)OCc2cc(CNC(=O)CCc3ccc(N=[N+]=[N-])c(I)c3)ccc21. The molecule has 1 atom stereocenters. The summed E-state index contributed by atoms with van der Waals surface area (Å²) in [6.07, 6.45) is 2.70. The molecule has 38 heavy (non-hydrogen) atoms. The molecule has 0 bridgehead atoms. The molecule has 1 aliphatic heterocycles. The number of hydrogen-bond acceptors (Lipinski definition) is 4. The van der Waals surface area contributed by atoms with Crippen molar-refractivity contribution in [2.24, 2.45) is 5.11 Å². The van der Waals surface area contributed by atoms with Crippen LogP contribution >= 0.6 is 22.6 Å². The number of ether oxygens (including phenoxy) is 1. The fourth-order valence-corrected chi connectivity index (χ4v) is 5.57. The molecule has 1 N–H and O–H groups in total. The molecule has 0 fully saturated rings. The molecule has 0 radical (unpaired) electrons. The van der Waals surface area contributed by atoms with Gasteiger partial charge < -0.3 is 15.0 Å². The van der Waals surface area contributed by atoms with E-state index in [1.54, 1.807) is 6.07 Å². The number of nitrogens with zero attached hydrogens (tertiary/aromatic N) is 4. The maximum absolute atomic E-state index is 13.7. The molecule has 9 heteroatoms. The summed E-state index contributed by atoms with van der Waals surface area (Å²) in [4.78, 5) is 17.5. The van der Waals surface area contributed by atoms with Crippen LogP contribution in [0.2, 0.25) is 0 Å². The minimum Gasteiger partial charge on any atom is -0.361 e. The standard InChI is InChI=1S/C29H31FIN5O2/c1-36(2)15-3-14-29(23-7-9-24(30)10-8-23)25-11-4-21(16-22(25)19-38-29)18-33-28(37)13-6-20-5-12-27(34-35-32)26(31)17-20/h4-5,7-12,16-17H,3,6,13-15,18-19H2,1-2H3,(H,33,37)/t29-/m0/s1. The Hall–Kier alpha value is -2.98. The highest BCUT2D eigenvalue weighted by molar-refractivity contribution is 14.1. The summed E-state index contributed by atoms with van der Waals surface area (Å²) < 4.78 is 21.0. The summed E-state index contributed by atoms with van der Waals surface area (Å²) in [7, 11) is 4.11. The summed E-state index contributed by atoms with van der Waals surface area (Å²) in [5, 5.41) is 6.67. The van der Waals surface area contributed by atoms with E-state index in [1.165, 1.54) is 12.1 Å². The van der Waals surface area contributed by atoms with Crippen molar-refractivity contribution in [3.63, 3.8) is 0 Å². The molecule has 0 aliphatic carbocycles. The second kappa shape index (κ2) is 12.7. The van der Waals surface area contributed by atoms with Crippen molar-refractivity contribution in [2.75, 3.05) is 20.6 Å². The molecular formula is C29H31FIN5O2. The van der Waals surface area contributed by atoms with Crippen LogP contribution in [0.3, 0.4) is 0 Å². The van der Waals surface area contributed by atoms with E-state index in [-0.39, 0.29) is 11.7 Å². The molecular weight excluding hydrogens is 596 g/mol. The summed E-state index contributed by atoms with van der Waals surface area (Å²) in [6.45, 7) is 1.84. The minimum absolute atomic E-state index is 0.0276. The highest BCUT2D eigenvalue weighted by Crippen LogP contribution is 2.45. The first-order valence-electron chi connectivity index (χ1n) is 12.6. The lowest BCUT2D eigenvalue weighted by Crippen LogP contribution is -2.28. The highest BCUT2D eigenvalue weighted by Gasteiger charge is 2.41. The molecule has 198 valence electrons. The molecule has 7 nitrogen and oxygen atoms in total. The first-order valence-corrected chi connectivity index (χ1v) is 13.7. The molecule has 1 aliphatic rings. The molecule has 1 heterocycles. The maximum Gasteiger partial charge on any atom is 0.220 e. The topological polar surface area (TPSA) is 90.3 Å². The predicted octanol–water partition coefficient (Wildman–Crippen LogP) is 6.74. The number of aryl methyl sites for hydroxylation is 1. The Morgan fingerprint density at radius 2 is 1.92 bits per heavy atom. The molecule has 0 spiro atoms. The van der Waals surface area contributed by atoms with Crippen molar-refractivity contribution in [3.8, 4) is 0 Å². The number of halogens is 2. The second-order valence-corrected chi connectivity index (χ2v) is 10.9. The van der Waals surface area contributed by atoms with Gasteiger partial charge in [-0.05, 0) is 114 Å². The van der Waals surface area contributed by atoms with E-state index in [1.807, 2.05) is 30.3 Å². The Kier molecular flexibility index (Phi) is 9.38. The van der Waals surface area contributed by atoms with Gasteiger partial charge >= 0.3 is 0 Å². The van der Waals surface area contributed by atoms with Gasteiger partial charge in [0.2, 0.25) is 5.91 Å². The number of nitrogens with one attached hydrogen (secondary N) is 1. The van der Waals surface area contributed by atoms with Crippen LogP contribution in [0.15, 0.2) is 65.8 Å². The molecule has 1 amide bonds. The fraction of sp³-hybridized carbons (Fsp3) is 0.345. The number of carbonyl (C=O) groups excluding carboxylic acids is 1. The Bertz CT molecular complexity index is 1340. The van der Waals surface area contributed by atoms with Crippen molar-refractivity contribution in [1.29, 1.82) is 0 Å². The number of hydrogen-bond donors (Lipinski definition) is 1. The second-order valence-electron chi connectivity index (χ2n) is 9.77. The van der Waals surface area contributed by atoms with E-state index in [0.717, 1.165) is 50.8 Å². The van der Waals surface area contributed by atoms with E-state index in [2.05, 4.69) is 69.1 Å². The molecule has 0 saturated carbocycles. The zero-order chi connectivity index (χ0) is 27.1. The minimum atomic E-state index is -0.605. The van der Waals surface area contributed by atoms with Crippen LogP contribution in [-0.4, -0.2) is 31.4 Å². The molecule has 0 aromatic heterocycles. The monoisotopic (exact) mass is 627 g/mol. The van der Waals surface area contributed by atoms with Crippen molar-refractivity contribution in [2.45, 2.75) is 44.4 Å². The lowest BCUT2D eigenvalue weighted by molar-refractivity contribution is -0.121. The summed E-state index contributed by atoms with van der Waals surface area (Å²) in [5.74, 6) is -0.290. The van der Waals surface area contributed by atoms with Gasteiger partial charge in [0.05, 0.1) is 12.3 Å². The third-order valence-corrected chi connectivity index (χ3v) is 7.68. The third kappa shape index (κ3) is 6.71. The van der Waals surface area contributed by atoms with Gasteiger partial charge in [-0.15, -0.1) is 0 Å². The smallest absolute Gasteiger partial charge is 0.220 e. The number of rotatable bonds is 11. The van der Waals surface area contributed by atoms with Gasteiger partial charge in [0.15, 0.2) is 0 Å². The Morgan fingerprint density at radius 3 is 2.63 bits per heavy atom. The number of carbonyl (C=O) groups is 1. The average Bonchev–Trinajstić information content (AvgIpc) is 3.26. The molecule has 0 saturated heterocycles.